The fraction of sp³-hybridized carbons (Fsp3) is 0.375. The zero-order valence-electron chi connectivity index (χ0n) is 7.74. The third kappa shape index (κ3) is 3.58. The standard InChI is InChI=1S/C8H11N3O3/c1-2-14-8(13)5(4-9)6(10)3-7(11)12/h2-3,10H2,1H3,(H2,11,12). The highest BCUT2D eigenvalue weighted by atomic mass is 16.5. The molecule has 0 bridgehead atoms. The van der Waals surface area contributed by atoms with Crippen LogP contribution in [0.5, 0.6) is 0 Å². The van der Waals surface area contributed by atoms with E-state index in [1.807, 2.05) is 0 Å². The summed E-state index contributed by atoms with van der Waals surface area (Å²) in [6, 6.07) is 1.56. The number of rotatable bonds is 4. The van der Waals surface area contributed by atoms with Crippen molar-refractivity contribution in [2.75, 3.05) is 6.61 Å². The van der Waals surface area contributed by atoms with E-state index in [0.29, 0.717) is 0 Å². The van der Waals surface area contributed by atoms with E-state index < -0.39 is 11.9 Å². The molecule has 6 heteroatoms. The Hall–Kier alpha value is -2.03. The largest absolute Gasteiger partial charge is 0.462 e. The van der Waals surface area contributed by atoms with Gasteiger partial charge in [0.05, 0.1) is 13.0 Å². The van der Waals surface area contributed by atoms with Crippen molar-refractivity contribution < 1.29 is 14.3 Å². The molecule has 0 aromatic carbocycles. The molecule has 0 atom stereocenters. The van der Waals surface area contributed by atoms with Gasteiger partial charge in [-0.25, -0.2) is 4.79 Å². The number of hydrogen-bond donors (Lipinski definition) is 2. The van der Waals surface area contributed by atoms with E-state index in [0.717, 1.165) is 0 Å². The van der Waals surface area contributed by atoms with Gasteiger partial charge in [-0.05, 0) is 6.92 Å². The van der Waals surface area contributed by atoms with Gasteiger partial charge in [0.1, 0.15) is 6.07 Å². The lowest BCUT2D eigenvalue weighted by molar-refractivity contribution is -0.138. The predicted octanol–water partition coefficient (Wildman–Crippen LogP) is -0.839. The molecule has 76 valence electrons. The van der Waals surface area contributed by atoms with Crippen LogP contribution in [0, 0.1) is 11.3 Å². The quantitative estimate of drug-likeness (QED) is 0.346. The molecule has 0 rings (SSSR count). The van der Waals surface area contributed by atoms with Gasteiger partial charge in [-0.15, -0.1) is 0 Å². The van der Waals surface area contributed by atoms with Gasteiger partial charge < -0.3 is 16.2 Å². The number of esters is 1. The summed E-state index contributed by atoms with van der Waals surface area (Å²) in [5.74, 6) is -1.55. The molecule has 0 aromatic heterocycles. The van der Waals surface area contributed by atoms with Crippen LogP contribution in [0.25, 0.3) is 0 Å². The second-order valence-corrected chi connectivity index (χ2v) is 2.38. The molecular formula is C8H11N3O3. The first kappa shape index (κ1) is 12.0. The van der Waals surface area contributed by atoms with E-state index in [1.54, 1.807) is 13.0 Å². The number of nitriles is 1. The summed E-state index contributed by atoms with van der Waals surface area (Å²) < 4.78 is 4.55. The Morgan fingerprint density at radius 2 is 2.00 bits per heavy atom. The first-order chi connectivity index (χ1) is 6.52. The summed E-state index contributed by atoms with van der Waals surface area (Å²) in [6.45, 7) is 1.73. The lowest BCUT2D eigenvalue weighted by Crippen LogP contribution is -2.19. The van der Waals surface area contributed by atoms with Gasteiger partial charge in [0.15, 0.2) is 5.57 Å². The van der Waals surface area contributed by atoms with Gasteiger partial charge in [-0.1, -0.05) is 0 Å². The summed E-state index contributed by atoms with van der Waals surface area (Å²) in [6.07, 6.45) is -0.332. The zero-order valence-corrected chi connectivity index (χ0v) is 7.74. The van der Waals surface area contributed by atoms with Crippen LogP contribution >= 0.6 is 0 Å². The molecule has 0 aromatic rings. The van der Waals surface area contributed by atoms with Gasteiger partial charge in [-0.2, -0.15) is 5.26 Å². The fourth-order valence-corrected chi connectivity index (χ4v) is 0.728. The predicted molar refractivity (Wildman–Crippen MR) is 47.3 cm³/mol. The van der Waals surface area contributed by atoms with E-state index in [1.165, 1.54) is 0 Å². The third-order valence-corrected chi connectivity index (χ3v) is 1.28. The molecule has 0 aliphatic carbocycles. The van der Waals surface area contributed by atoms with Crippen molar-refractivity contribution in [1.82, 2.24) is 0 Å². The highest BCUT2D eigenvalue weighted by molar-refractivity contribution is 5.94. The first-order valence-electron chi connectivity index (χ1n) is 3.87. The van der Waals surface area contributed by atoms with Gasteiger partial charge in [0, 0.05) is 5.70 Å². The Morgan fingerprint density at radius 1 is 1.43 bits per heavy atom. The third-order valence-electron chi connectivity index (χ3n) is 1.28. The second kappa shape index (κ2) is 5.59. The van der Waals surface area contributed by atoms with Gasteiger partial charge in [-0.3, -0.25) is 4.79 Å². The highest BCUT2D eigenvalue weighted by Crippen LogP contribution is 2.04. The van der Waals surface area contributed by atoms with E-state index in [2.05, 4.69) is 4.74 Å². The monoisotopic (exact) mass is 197 g/mol. The first-order valence-corrected chi connectivity index (χ1v) is 3.87. The molecule has 0 aliphatic rings. The van der Waals surface area contributed by atoms with Crippen molar-refractivity contribution in [3.63, 3.8) is 0 Å². The molecule has 6 nitrogen and oxygen atoms in total. The summed E-state index contributed by atoms with van der Waals surface area (Å²) in [5, 5.41) is 8.57. The lowest BCUT2D eigenvalue weighted by atomic mass is 10.2. The molecule has 0 saturated heterocycles. The van der Waals surface area contributed by atoms with E-state index >= 15 is 0 Å². The second-order valence-electron chi connectivity index (χ2n) is 2.38. The minimum Gasteiger partial charge on any atom is -0.462 e. The number of primary amides is 1. The maximum atomic E-state index is 11.1. The molecule has 14 heavy (non-hydrogen) atoms. The van der Waals surface area contributed by atoms with Crippen molar-refractivity contribution in [2.24, 2.45) is 11.5 Å². The number of amides is 1. The Labute approximate surface area is 81.1 Å². The average Bonchev–Trinajstić information content (AvgIpc) is 2.04. The van der Waals surface area contributed by atoms with Crippen LogP contribution in [0.15, 0.2) is 11.3 Å². The molecule has 0 saturated carbocycles. The summed E-state index contributed by atoms with van der Waals surface area (Å²) >= 11 is 0. The number of nitrogens with two attached hydrogens (primary N) is 2. The molecule has 0 aliphatic heterocycles. The van der Waals surface area contributed by atoms with Crippen LogP contribution in [0.4, 0.5) is 0 Å². The topological polar surface area (TPSA) is 119 Å². The van der Waals surface area contributed by atoms with Gasteiger partial charge in [0.2, 0.25) is 5.91 Å². The fourth-order valence-electron chi connectivity index (χ4n) is 0.728. The van der Waals surface area contributed by atoms with Crippen LogP contribution < -0.4 is 11.5 Å². The molecule has 1 amide bonds. The van der Waals surface area contributed by atoms with E-state index in [9.17, 15) is 9.59 Å². The number of hydrogen-bond acceptors (Lipinski definition) is 5. The molecule has 0 fully saturated rings. The van der Waals surface area contributed by atoms with Crippen LogP contribution in [0.2, 0.25) is 0 Å². The summed E-state index contributed by atoms with van der Waals surface area (Å²) in [7, 11) is 0. The lowest BCUT2D eigenvalue weighted by Gasteiger charge is -2.02. The van der Waals surface area contributed by atoms with Crippen LogP contribution in [0.3, 0.4) is 0 Å². The Balaban J connectivity index is 4.77. The van der Waals surface area contributed by atoms with Crippen LogP contribution in [-0.4, -0.2) is 18.5 Å². The molecule has 0 spiro atoms. The molecule has 0 radical (unpaired) electrons. The number of nitrogens with zero attached hydrogens (tertiary/aromatic N) is 1. The van der Waals surface area contributed by atoms with Crippen molar-refractivity contribution in [2.45, 2.75) is 13.3 Å². The SMILES string of the molecule is CCOC(=O)C(C#N)=C(N)CC(N)=O. The normalized spacial score (nSPS) is 11.1. The van der Waals surface area contributed by atoms with Crippen molar-refractivity contribution in [1.29, 1.82) is 5.26 Å². The Bertz CT molecular complexity index is 314. The Morgan fingerprint density at radius 3 is 2.36 bits per heavy atom. The molecule has 0 unspecified atom stereocenters. The van der Waals surface area contributed by atoms with Gasteiger partial charge in [0.25, 0.3) is 0 Å². The molecule has 4 N–H and O–H groups in total. The minimum atomic E-state index is -0.839. The maximum Gasteiger partial charge on any atom is 0.350 e. The number of carbonyl (C=O) groups is 2. The van der Waals surface area contributed by atoms with Crippen LogP contribution in [0.1, 0.15) is 13.3 Å². The van der Waals surface area contributed by atoms with Crippen molar-refractivity contribution in [3.05, 3.63) is 11.3 Å². The zero-order chi connectivity index (χ0) is 11.1. The maximum absolute atomic E-state index is 11.1. The molecular weight excluding hydrogens is 186 g/mol. The highest BCUT2D eigenvalue weighted by Gasteiger charge is 2.15. The van der Waals surface area contributed by atoms with Crippen molar-refractivity contribution in [3.8, 4) is 6.07 Å². The molecule has 0 heterocycles. The average molecular weight is 197 g/mol. The Kier molecular flexibility index (Phi) is 4.78. The van der Waals surface area contributed by atoms with E-state index in [-0.39, 0.29) is 24.3 Å². The summed E-state index contributed by atoms with van der Waals surface area (Å²) in [5.41, 5.74) is 9.62. The number of ether oxygens (including phenoxy) is 1. The summed E-state index contributed by atoms with van der Waals surface area (Å²) in [4.78, 5) is 21.5. The smallest absolute Gasteiger partial charge is 0.350 e. The van der Waals surface area contributed by atoms with Crippen LogP contribution in [-0.2, 0) is 14.3 Å². The van der Waals surface area contributed by atoms with Gasteiger partial charge >= 0.3 is 5.97 Å². The minimum absolute atomic E-state index is 0.133. The van der Waals surface area contributed by atoms with Crippen molar-refractivity contribution >= 4 is 11.9 Å². The van der Waals surface area contributed by atoms with E-state index in [4.69, 9.17) is 16.7 Å². The number of carbonyl (C=O) groups excluding carboxylic acids is 2.